The van der Waals surface area contributed by atoms with Crippen molar-refractivity contribution in [1.82, 2.24) is 0 Å². The Labute approximate surface area is 60.9 Å². The third-order valence-corrected chi connectivity index (χ3v) is 3.01. The molecule has 1 aromatic carbocycles. The summed E-state index contributed by atoms with van der Waals surface area (Å²) in [5.41, 5.74) is 3.29. The zero-order chi connectivity index (χ0) is 6.55. The quantitative estimate of drug-likeness (QED) is 0.506. The summed E-state index contributed by atoms with van der Waals surface area (Å²) in [6.07, 6.45) is 2.89. The molecule has 0 saturated heterocycles. The summed E-state index contributed by atoms with van der Waals surface area (Å²) in [7, 11) is 0. The highest BCUT2D eigenvalue weighted by Crippen LogP contribution is 2.57. The zero-order valence-electron chi connectivity index (χ0n) is 5.88. The lowest BCUT2D eigenvalue weighted by atomic mass is 9.82. The minimum Gasteiger partial charge on any atom is -0.0620 e. The molecular weight excluding hydrogens is 120 g/mol. The van der Waals surface area contributed by atoms with Crippen molar-refractivity contribution in [1.29, 1.82) is 0 Å². The van der Waals surface area contributed by atoms with E-state index in [1.54, 1.807) is 11.1 Å². The molecule has 3 aliphatic carbocycles. The Morgan fingerprint density at radius 1 is 0.900 bits per heavy atom. The molecule has 3 aliphatic rings. The molecule has 4 rings (SSSR count). The second kappa shape index (κ2) is 1.45. The Hall–Kier alpha value is -0.780. The van der Waals surface area contributed by atoms with Gasteiger partial charge in [0.25, 0.3) is 0 Å². The van der Waals surface area contributed by atoms with Crippen molar-refractivity contribution in [3.8, 4) is 0 Å². The molecule has 0 unspecified atom stereocenters. The lowest BCUT2D eigenvalue weighted by Crippen LogP contribution is -2.06. The molecule has 50 valence electrons. The van der Waals surface area contributed by atoms with E-state index in [0.29, 0.717) is 0 Å². The van der Waals surface area contributed by atoms with Crippen molar-refractivity contribution in [3.63, 3.8) is 0 Å². The molecule has 1 fully saturated rings. The van der Waals surface area contributed by atoms with Gasteiger partial charge in [-0.15, -0.1) is 0 Å². The summed E-state index contributed by atoms with van der Waals surface area (Å²) in [6, 6.07) is 8.93. The van der Waals surface area contributed by atoms with E-state index >= 15 is 0 Å². The Kier molecular flexibility index (Phi) is 0.715. The lowest BCUT2D eigenvalue weighted by Gasteiger charge is -2.22. The van der Waals surface area contributed by atoms with E-state index in [4.69, 9.17) is 0 Å². The first-order valence-corrected chi connectivity index (χ1v) is 4.04. The van der Waals surface area contributed by atoms with Crippen LogP contribution in [0.4, 0.5) is 0 Å². The van der Waals surface area contributed by atoms with E-state index in [0.717, 1.165) is 11.8 Å². The number of hydrogen-bond donors (Lipinski definition) is 0. The number of rotatable bonds is 0. The molecule has 1 saturated carbocycles. The van der Waals surface area contributed by atoms with Crippen molar-refractivity contribution in [2.45, 2.75) is 24.7 Å². The summed E-state index contributed by atoms with van der Waals surface area (Å²) in [5, 5.41) is 0. The molecule has 0 aromatic heterocycles. The zero-order valence-corrected chi connectivity index (χ0v) is 5.88. The molecule has 1 aromatic rings. The summed E-state index contributed by atoms with van der Waals surface area (Å²) in [6.45, 7) is 0. The highest BCUT2D eigenvalue weighted by Gasteiger charge is 2.40. The van der Waals surface area contributed by atoms with Crippen LogP contribution in [0.5, 0.6) is 0 Å². The molecule has 0 nitrogen and oxygen atoms in total. The van der Waals surface area contributed by atoms with Gasteiger partial charge >= 0.3 is 0 Å². The van der Waals surface area contributed by atoms with Crippen LogP contribution in [0.3, 0.4) is 0 Å². The predicted octanol–water partition coefficient (Wildman–Crippen LogP) is 2.66. The van der Waals surface area contributed by atoms with E-state index in [9.17, 15) is 0 Å². The van der Waals surface area contributed by atoms with Gasteiger partial charge in [0.2, 0.25) is 0 Å². The van der Waals surface area contributed by atoms with Gasteiger partial charge in [-0.3, -0.25) is 0 Å². The summed E-state index contributed by atoms with van der Waals surface area (Å²) in [5.74, 6) is 1.89. The Balaban J connectivity index is 2.29. The average molecular weight is 130 g/mol. The smallest absolute Gasteiger partial charge is 0.0147 e. The van der Waals surface area contributed by atoms with Gasteiger partial charge in [-0.1, -0.05) is 24.3 Å². The fraction of sp³-hybridized carbons (Fsp3) is 0.400. The molecule has 0 amide bonds. The topological polar surface area (TPSA) is 0 Å². The van der Waals surface area contributed by atoms with E-state index < -0.39 is 0 Å². The first kappa shape index (κ1) is 4.95. The lowest BCUT2D eigenvalue weighted by molar-refractivity contribution is 0.406. The van der Waals surface area contributed by atoms with Crippen LogP contribution in [-0.4, -0.2) is 0 Å². The van der Waals surface area contributed by atoms with Gasteiger partial charge in [-0.25, -0.2) is 0 Å². The van der Waals surface area contributed by atoms with Gasteiger partial charge in [0.15, 0.2) is 0 Å². The predicted molar refractivity (Wildman–Crippen MR) is 41.2 cm³/mol. The second-order valence-corrected chi connectivity index (χ2v) is 3.49. The average Bonchev–Trinajstić information content (AvgIpc) is 2.36. The number of hydrogen-bond acceptors (Lipinski definition) is 0. The van der Waals surface area contributed by atoms with Crippen LogP contribution >= 0.6 is 0 Å². The third kappa shape index (κ3) is 0.406. The molecule has 2 bridgehead atoms. The standard InChI is InChI=1S/C10H10/c1-2-4-10-8-5-7(6-8)9(10)3-1/h1-4,7-8H,5-6H2. The first-order chi connectivity index (χ1) is 4.95. The molecule has 0 heteroatoms. The Morgan fingerprint density at radius 3 is 1.90 bits per heavy atom. The maximum atomic E-state index is 2.30. The molecule has 0 atom stereocenters. The van der Waals surface area contributed by atoms with Gasteiger partial charge in [0.05, 0.1) is 0 Å². The van der Waals surface area contributed by atoms with Gasteiger partial charge in [0, 0.05) is 0 Å². The van der Waals surface area contributed by atoms with Crippen LogP contribution < -0.4 is 0 Å². The van der Waals surface area contributed by atoms with Crippen molar-refractivity contribution in [2.24, 2.45) is 0 Å². The largest absolute Gasteiger partial charge is 0.0620 e. The molecule has 0 heterocycles. The first-order valence-electron chi connectivity index (χ1n) is 4.04. The van der Waals surface area contributed by atoms with Crippen LogP contribution in [0.25, 0.3) is 0 Å². The van der Waals surface area contributed by atoms with Crippen LogP contribution in [0.15, 0.2) is 24.3 Å². The number of benzene rings is 1. The highest BCUT2D eigenvalue weighted by molar-refractivity contribution is 5.44. The maximum absolute atomic E-state index is 2.30. The third-order valence-electron chi connectivity index (χ3n) is 3.01. The van der Waals surface area contributed by atoms with Crippen LogP contribution in [0.2, 0.25) is 0 Å². The van der Waals surface area contributed by atoms with Crippen molar-refractivity contribution >= 4 is 0 Å². The highest BCUT2D eigenvalue weighted by atomic mass is 14.4. The molecule has 0 spiro atoms. The fourth-order valence-corrected chi connectivity index (χ4v) is 2.38. The van der Waals surface area contributed by atoms with E-state index in [1.165, 1.54) is 12.8 Å². The fourth-order valence-electron chi connectivity index (χ4n) is 2.38. The van der Waals surface area contributed by atoms with Crippen LogP contribution in [0, 0.1) is 0 Å². The normalized spacial score (nSPS) is 33.2. The summed E-state index contributed by atoms with van der Waals surface area (Å²) >= 11 is 0. The maximum Gasteiger partial charge on any atom is -0.0147 e. The van der Waals surface area contributed by atoms with Gasteiger partial charge in [0.1, 0.15) is 0 Å². The minimum atomic E-state index is 0.946. The monoisotopic (exact) mass is 130 g/mol. The van der Waals surface area contributed by atoms with E-state index in [2.05, 4.69) is 24.3 Å². The van der Waals surface area contributed by atoms with Gasteiger partial charge in [-0.2, -0.15) is 0 Å². The Morgan fingerprint density at radius 2 is 1.40 bits per heavy atom. The second-order valence-electron chi connectivity index (χ2n) is 3.49. The van der Waals surface area contributed by atoms with Gasteiger partial charge < -0.3 is 0 Å². The van der Waals surface area contributed by atoms with E-state index in [-0.39, 0.29) is 0 Å². The van der Waals surface area contributed by atoms with Crippen molar-refractivity contribution in [3.05, 3.63) is 35.4 Å². The molecule has 0 radical (unpaired) electrons. The SMILES string of the molecule is c1ccc2c(c1)C1CC2C1. The molecule has 10 heavy (non-hydrogen) atoms. The molecular formula is C10H10. The van der Waals surface area contributed by atoms with Crippen molar-refractivity contribution in [2.75, 3.05) is 0 Å². The van der Waals surface area contributed by atoms with Crippen LogP contribution in [0.1, 0.15) is 35.8 Å². The van der Waals surface area contributed by atoms with Crippen molar-refractivity contribution < 1.29 is 0 Å². The van der Waals surface area contributed by atoms with Crippen LogP contribution in [-0.2, 0) is 0 Å². The summed E-state index contributed by atoms with van der Waals surface area (Å²) in [4.78, 5) is 0. The molecule has 0 N–H and O–H groups in total. The summed E-state index contributed by atoms with van der Waals surface area (Å²) < 4.78 is 0. The van der Waals surface area contributed by atoms with Gasteiger partial charge in [-0.05, 0) is 35.8 Å². The van der Waals surface area contributed by atoms with E-state index in [1.807, 2.05) is 0 Å². The minimum absolute atomic E-state index is 0.946. The Bertz CT molecular complexity index is 242. The molecule has 0 aliphatic heterocycles.